The van der Waals surface area contributed by atoms with Crippen LogP contribution in [0, 0.1) is 5.92 Å². The number of aromatic nitrogens is 3. The van der Waals surface area contributed by atoms with Crippen molar-refractivity contribution >= 4 is 0 Å². The summed E-state index contributed by atoms with van der Waals surface area (Å²) in [4.78, 5) is 9.39. The average Bonchev–Trinajstić information content (AvgIpc) is 2.84. The Balaban J connectivity index is 1.79. The van der Waals surface area contributed by atoms with Gasteiger partial charge in [0.25, 0.3) is 0 Å². The van der Waals surface area contributed by atoms with Crippen molar-refractivity contribution in [1.29, 1.82) is 0 Å². The maximum atomic E-state index is 5.56. The number of piperazine rings is 1. The van der Waals surface area contributed by atoms with Crippen LogP contribution in [0.25, 0.3) is 0 Å². The molecule has 0 unspecified atom stereocenters. The Labute approximate surface area is 121 Å². The van der Waals surface area contributed by atoms with E-state index in [2.05, 4.69) is 33.7 Å². The number of hydrogen-bond donors (Lipinski definition) is 1. The molecule has 0 aromatic carbocycles. The normalized spacial score (nSPS) is 18.0. The molecule has 20 heavy (non-hydrogen) atoms. The minimum absolute atomic E-state index is 0.601. The van der Waals surface area contributed by atoms with Gasteiger partial charge in [-0.1, -0.05) is 13.8 Å². The minimum atomic E-state index is 0.601. The molecule has 0 saturated carbocycles. The summed E-state index contributed by atoms with van der Waals surface area (Å²) >= 11 is 0. The lowest BCUT2D eigenvalue weighted by molar-refractivity contribution is 0.123. The van der Waals surface area contributed by atoms with Crippen LogP contribution in [0.5, 0.6) is 0 Å². The molecule has 0 amide bonds. The zero-order valence-electron chi connectivity index (χ0n) is 12.8. The van der Waals surface area contributed by atoms with E-state index in [0.717, 1.165) is 64.6 Å². The fraction of sp³-hybridized carbons (Fsp3) is 0.857. The number of rotatable bonds is 7. The zero-order chi connectivity index (χ0) is 14.4. The quantitative estimate of drug-likeness (QED) is 0.783. The number of nitrogens with zero attached hydrogens (tertiary/aromatic N) is 5. The highest BCUT2D eigenvalue weighted by molar-refractivity contribution is 4.86. The highest BCUT2D eigenvalue weighted by atomic mass is 15.4. The molecule has 0 spiro atoms. The Morgan fingerprint density at radius 3 is 2.55 bits per heavy atom. The predicted octanol–water partition coefficient (Wildman–Crippen LogP) is 0.401. The second-order valence-corrected chi connectivity index (χ2v) is 6.01. The van der Waals surface area contributed by atoms with Gasteiger partial charge in [-0.15, -0.1) is 0 Å². The predicted molar refractivity (Wildman–Crippen MR) is 80.2 cm³/mol. The summed E-state index contributed by atoms with van der Waals surface area (Å²) in [5.74, 6) is 1.69. The summed E-state index contributed by atoms with van der Waals surface area (Å²) in [7, 11) is 0. The van der Waals surface area contributed by atoms with Gasteiger partial charge in [-0.3, -0.25) is 4.90 Å². The molecule has 1 aliphatic rings. The van der Waals surface area contributed by atoms with Crippen molar-refractivity contribution < 1.29 is 0 Å². The van der Waals surface area contributed by atoms with Crippen molar-refractivity contribution in [2.24, 2.45) is 11.7 Å². The minimum Gasteiger partial charge on any atom is -0.330 e. The van der Waals surface area contributed by atoms with Crippen LogP contribution >= 0.6 is 0 Å². The van der Waals surface area contributed by atoms with E-state index in [4.69, 9.17) is 5.73 Å². The maximum absolute atomic E-state index is 5.56. The van der Waals surface area contributed by atoms with Crippen molar-refractivity contribution in [3.05, 3.63) is 12.2 Å². The zero-order valence-corrected chi connectivity index (χ0v) is 12.8. The Hall–Kier alpha value is -0.980. The van der Waals surface area contributed by atoms with Gasteiger partial charge in [0, 0.05) is 32.7 Å². The van der Waals surface area contributed by atoms with Crippen LogP contribution in [0.4, 0.5) is 0 Å². The van der Waals surface area contributed by atoms with Crippen molar-refractivity contribution in [1.82, 2.24) is 24.6 Å². The molecular formula is C14H28N6. The molecule has 1 aliphatic heterocycles. The summed E-state index contributed by atoms with van der Waals surface area (Å²) in [5, 5.41) is 4.33. The van der Waals surface area contributed by atoms with Crippen LogP contribution in [0.15, 0.2) is 6.33 Å². The second-order valence-electron chi connectivity index (χ2n) is 6.01. The standard InChI is InChI=1S/C14H28N6/c1-13(2)10-20-14(16-12-17-20)11-19-8-6-18(7-9-19)5-3-4-15/h12-13H,3-11,15H2,1-2H3. The smallest absolute Gasteiger partial charge is 0.141 e. The third kappa shape index (κ3) is 4.54. The van der Waals surface area contributed by atoms with E-state index in [-0.39, 0.29) is 0 Å². The average molecular weight is 280 g/mol. The van der Waals surface area contributed by atoms with E-state index in [1.165, 1.54) is 0 Å². The third-order valence-electron chi connectivity index (χ3n) is 3.74. The maximum Gasteiger partial charge on any atom is 0.141 e. The molecule has 2 N–H and O–H groups in total. The van der Waals surface area contributed by atoms with Crippen LogP contribution in [0.2, 0.25) is 0 Å². The molecule has 1 aromatic heterocycles. The molecule has 6 nitrogen and oxygen atoms in total. The van der Waals surface area contributed by atoms with Gasteiger partial charge in [-0.25, -0.2) is 9.67 Å². The molecule has 2 rings (SSSR count). The summed E-state index contributed by atoms with van der Waals surface area (Å²) in [6.07, 6.45) is 2.78. The Kier molecular flexibility index (Phi) is 5.94. The van der Waals surface area contributed by atoms with Gasteiger partial charge in [0.15, 0.2) is 0 Å². The molecule has 1 saturated heterocycles. The Bertz CT molecular complexity index is 381. The van der Waals surface area contributed by atoms with Gasteiger partial charge in [0.2, 0.25) is 0 Å². The van der Waals surface area contributed by atoms with E-state index in [0.29, 0.717) is 5.92 Å². The first-order valence-electron chi connectivity index (χ1n) is 7.70. The van der Waals surface area contributed by atoms with Gasteiger partial charge >= 0.3 is 0 Å². The van der Waals surface area contributed by atoms with E-state index in [9.17, 15) is 0 Å². The second kappa shape index (κ2) is 7.71. The van der Waals surface area contributed by atoms with Gasteiger partial charge in [-0.2, -0.15) is 5.10 Å². The topological polar surface area (TPSA) is 63.2 Å². The highest BCUT2D eigenvalue weighted by Gasteiger charge is 2.18. The molecule has 114 valence electrons. The van der Waals surface area contributed by atoms with Gasteiger partial charge in [0.1, 0.15) is 12.2 Å². The SMILES string of the molecule is CC(C)Cn1ncnc1CN1CCN(CCCN)CC1. The molecule has 6 heteroatoms. The van der Waals surface area contributed by atoms with Gasteiger partial charge < -0.3 is 10.6 Å². The number of hydrogen-bond acceptors (Lipinski definition) is 5. The monoisotopic (exact) mass is 280 g/mol. The molecule has 0 radical (unpaired) electrons. The van der Waals surface area contributed by atoms with E-state index < -0.39 is 0 Å². The summed E-state index contributed by atoms with van der Waals surface area (Å²) in [6, 6.07) is 0. The van der Waals surface area contributed by atoms with Gasteiger partial charge in [-0.05, 0) is 25.4 Å². The molecule has 0 aliphatic carbocycles. The van der Waals surface area contributed by atoms with E-state index in [1.807, 2.05) is 4.68 Å². The number of nitrogens with two attached hydrogens (primary N) is 1. The van der Waals surface area contributed by atoms with Crippen molar-refractivity contribution in [3.63, 3.8) is 0 Å². The molecule has 1 aromatic rings. The van der Waals surface area contributed by atoms with Gasteiger partial charge in [0.05, 0.1) is 6.54 Å². The van der Waals surface area contributed by atoms with Crippen LogP contribution in [0.1, 0.15) is 26.1 Å². The van der Waals surface area contributed by atoms with Crippen LogP contribution < -0.4 is 5.73 Å². The van der Waals surface area contributed by atoms with Crippen LogP contribution in [0.3, 0.4) is 0 Å². The Morgan fingerprint density at radius 1 is 1.20 bits per heavy atom. The van der Waals surface area contributed by atoms with E-state index >= 15 is 0 Å². The lowest BCUT2D eigenvalue weighted by atomic mass is 10.2. The van der Waals surface area contributed by atoms with Crippen molar-refractivity contribution in [2.75, 3.05) is 39.3 Å². The fourth-order valence-electron chi connectivity index (χ4n) is 2.59. The first kappa shape index (κ1) is 15.4. The van der Waals surface area contributed by atoms with Crippen molar-refractivity contribution in [3.8, 4) is 0 Å². The fourth-order valence-corrected chi connectivity index (χ4v) is 2.59. The highest BCUT2D eigenvalue weighted by Crippen LogP contribution is 2.08. The molecule has 1 fully saturated rings. The van der Waals surface area contributed by atoms with Crippen molar-refractivity contribution in [2.45, 2.75) is 33.4 Å². The summed E-state index contributed by atoms with van der Waals surface area (Å²) < 4.78 is 2.05. The third-order valence-corrected chi connectivity index (χ3v) is 3.74. The first-order chi connectivity index (χ1) is 9.69. The molecule has 2 heterocycles. The summed E-state index contributed by atoms with van der Waals surface area (Å²) in [5.41, 5.74) is 5.56. The molecule has 0 atom stereocenters. The summed E-state index contributed by atoms with van der Waals surface area (Å²) in [6.45, 7) is 12.7. The van der Waals surface area contributed by atoms with Crippen LogP contribution in [-0.2, 0) is 13.1 Å². The first-order valence-corrected chi connectivity index (χ1v) is 7.70. The lowest BCUT2D eigenvalue weighted by Gasteiger charge is -2.34. The molecular weight excluding hydrogens is 252 g/mol. The lowest BCUT2D eigenvalue weighted by Crippen LogP contribution is -2.46. The Morgan fingerprint density at radius 2 is 1.90 bits per heavy atom. The molecule has 0 bridgehead atoms. The van der Waals surface area contributed by atoms with Crippen LogP contribution in [-0.4, -0.2) is 63.8 Å². The van der Waals surface area contributed by atoms with E-state index in [1.54, 1.807) is 6.33 Å². The largest absolute Gasteiger partial charge is 0.330 e.